The highest BCUT2D eigenvalue weighted by Crippen LogP contribution is 2.23. The lowest BCUT2D eigenvalue weighted by Crippen LogP contribution is -2.48. The molecule has 1 saturated heterocycles. The van der Waals surface area contributed by atoms with Crippen LogP contribution in [0.5, 0.6) is 0 Å². The number of imide groups is 1. The third kappa shape index (κ3) is 4.69. The first-order valence-corrected chi connectivity index (χ1v) is 11.8. The van der Waals surface area contributed by atoms with Crippen LogP contribution in [0, 0.1) is 6.92 Å². The average molecular weight is 474 g/mol. The number of carbonyl (C=O) groups excluding carboxylic acids is 3. The molecular weight excluding hydrogens is 446 g/mol. The summed E-state index contributed by atoms with van der Waals surface area (Å²) >= 11 is 0. The molecule has 0 spiro atoms. The molecule has 0 aliphatic carbocycles. The van der Waals surface area contributed by atoms with Gasteiger partial charge in [-0.3, -0.25) is 24.2 Å². The number of aromatic nitrogens is 4. The van der Waals surface area contributed by atoms with Crippen LogP contribution in [0.4, 0.5) is 0 Å². The van der Waals surface area contributed by atoms with Gasteiger partial charge in [0.1, 0.15) is 0 Å². The lowest BCUT2D eigenvalue weighted by Gasteiger charge is -2.34. The van der Waals surface area contributed by atoms with Crippen molar-refractivity contribution >= 4 is 17.7 Å². The van der Waals surface area contributed by atoms with Gasteiger partial charge in [-0.25, -0.2) is 0 Å². The molecule has 0 saturated carbocycles. The Morgan fingerprint density at radius 3 is 2.23 bits per heavy atom. The van der Waals surface area contributed by atoms with E-state index in [1.807, 2.05) is 36.1 Å². The topological polar surface area (TPSA) is 105 Å². The van der Waals surface area contributed by atoms with Crippen molar-refractivity contribution in [3.8, 4) is 5.69 Å². The molecule has 2 aromatic carbocycles. The first-order valence-electron chi connectivity index (χ1n) is 11.8. The fourth-order valence-corrected chi connectivity index (χ4v) is 4.53. The number of carbonyl (C=O) groups is 3. The Bertz CT molecular complexity index is 1210. The largest absolute Gasteiger partial charge is 0.340 e. The highest BCUT2D eigenvalue weighted by atomic mass is 16.2. The predicted molar refractivity (Wildman–Crippen MR) is 127 cm³/mol. The molecule has 3 aromatic rings. The van der Waals surface area contributed by atoms with Crippen molar-refractivity contribution in [3.05, 3.63) is 71.0 Å². The Balaban J connectivity index is 1.09. The van der Waals surface area contributed by atoms with Crippen molar-refractivity contribution in [1.29, 1.82) is 0 Å². The molecule has 5 rings (SSSR count). The fourth-order valence-electron chi connectivity index (χ4n) is 4.53. The van der Waals surface area contributed by atoms with Gasteiger partial charge in [0.25, 0.3) is 11.8 Å². The Hall–Kier alpha value is -3.92. The quantitative estimate of drug-likeness (QED) is 0.481. The van der Waals surface area contributed by atoms with Gasteiger partial charge in [0, 0.05) is 39.1 Å². The first-order chi connectivity index (χ1) is 17.0. The maximum Gasteiger partial charge on any atom is 0.261 e. The van der Waals surface area contributed by atoms with Gasteiger partial charge in [-0.1, -0.05) is 29.8 Å². The molecule has 0 bridgehead atoms. The minimum atomic E-state index is -0.278. The van der Waals surface area contributed by atoms with E-state index in [-0.39, 0.29) is 24.3 Å². The number of nitrogens with zero attached hydrogens (tertiary/aromatic N) is 7. The molecule has 0 radical (unpaired) electrons. The molecule has 1 aromatic heterocycles. The first kappa shape index (κ1) is 22.9. The number of tetrazole rings is 1. The average Bonchev–Trinajstić information content (AvgIpc) is 3.43. The summed E-state index contributed by atoms with van der Waals surface area (Å²) in [4.78, 5) is 43.0. The number of rotatable bonds is 7. The van der Waals surface area contributed by atoms with Crippen LogP contribution in [0.15, 0.2) is 48.5 Å². The number of benzene rings is 2. The molecule has 0 unspecified atom stereocenters. The lowest BCUT2D eigenvalue weighted by atomic mass is 10.1. The van der Waals surface area contributed by atoms with E-state index in [4.69, 9.17) is 0 Å². The molecule has 0 atom stereocenters. The van der Waals surface area contributed by atoms with Crippen LogP contribution < -0.4 is 0 Å². The zero-order valence-electron chi connectivity index (χ0n) is 19.6. The molecule has 2 aliphatic rings. The second kappa shape index (κ2) is 9.75. The van der Waals surface area contributed by atoms with E-state index in [1.165, 1.54) is 10.5 Å². The maximum atomic E-state index is 12.7. The summed E-state index contributed by atoms with van der Waals surface area (Å²) in [5.74, 6) is 0.250. The van der Waals surface area contributed by atoms with Crippen LogP contribution in [0.25, 0.3) is 5.69 Å². The standard InChI is InChI=1S/C25H27N7O3/c1-18-8-10-19(11-9-18)32-22(26-27-28-32)17-29-13-15-30(16-14-29)23(33)7-4-12-31-24(34)20-5-2-3-6-21(20)25(31)35/h2-3,5-6,8-11H,4,7,12-17H2,1H3. The Morgan fingerprint density at radius 1 is 0.914 bits per heavy atom. The minimum absolute atomic E-state index is 0.0470. The molecule has 1 fully saturated rings. The molecule has 180 valence electrons. The maximum absolute atomic E-state index is 12.7. The second-order valence-electron chi connectivity index (χ2n) is 8.91. The van der Waals surface area contributed by atoms with Crippen molar-refractivity contribution in [2.75, 3.05) is 32.7 Å². The van der Waals surface area contributed by atoms with Crippen LogP contribution in [0.2, 0.25) is 0 Å². The molecule has 3 amide bonds. The van der Waals surface area contributed by atoms with E-state index >= 15 is 0 Å². The summed E-state index contributed by atoms with van der Waals surface area (Å²) in [6.07, 6.45) is 0.759. The van der Waals surface area contributed by atoms with Crippen molar-refractivity contribution < 1.29 is 14.4 Å². The SMILES string of the molecule is Cc1ccc(-n2nnnc2CN2CCN(C(=O)CCCN3C(=O)c4ccccc4C3=O)CC2)cc1. The Kier molecular flexibility index (Phi) is 6.37. The molecule has 10 heteroatoms. The van der Waals surface area contributed by atoms with Crippen LogP contribution in [-0.2, 0) is 11.3 Å². The summed E-state index contributed by atoms with van der Waals surface area (Å²) in [5, 5.41) is 12.2. The summed E-state index contributed by atoms with van der Waals surface area (Å²) < 4.78 is 1.75. The molecule has 35 heavy (non-hydrogen) atoms. The van der Waals surface area contributed by atoms with Gasteiger partial charge in [0.15, 0.2) is 5.82 Å². The van der Waals surface area contributed by atoms with Crippen LogP contribution in [0.3, 0.4) is 0 Å². The smallest absolute Gasteiger partial charge is 0.261 e. The highest BCUT2D eigenvalue weighted by molar-refractivity contribution is 6.21. The van der Waals surface area contributed by atoms with Crippen LogP contribution >= 0.6 is 0 Å². The number of aryl methyl sites for hydroxylation is 1. The van der Waals surface area contributed by atoms with E-state index in [2.05, 4.69) is 20.4 Å². The van der Waals surface area contributed by atoms with Crippen molar-refractivity contribution in [3.63, 3.8) is 0 Å². The van der Waals surface area contributed by atoms with Crippen LogP contribution in [0.1, 0.15) is 44.9 Å². The molecular formula is C25H27N7O3. The van der Waals surface area contributed by atoms with Gasteiger partial charge < -0.3 is 4.90 Å². The highest BCUT2D eigenvalue weighted by Gasteiger charge is 2.34. The van der Waals surface area contributed by atoms with Gasteiger partial charge in [0.2, 0.25) is 5.91 Å². The fraction of sp³-hybridized carbons (Fsp3) is 0.360. The van der Waals surface area contributed by atoms with E-state index < -0.39 is 0 Å². The minimum Gasteiger partial charge on any atom is -0.340 e. The number of amides is 3. The zero-order chi connectivity index (χ0) is 24.4. The Morgan fingerprint density at radius 2 is 1.57 bits per heavy atom. The molecule has 0 N–H and O–H groups in total. The van der Waals surface area contributed by atoms with E-state index in [0.29, 0.717) is 43.6 Å². The van der Waals surface area contributed by atoms with Gasteiger partial charge in [-0.2, -0.15) is 4.68 Å². The third-order valence-electron chi connectivity index (χ3n) is 6.55. The van der Waals surface area contributed by atoms with Crippen molar-refractivity contribution in [2.45, 2.75) is 26.3 Å². The van der Waals surface area contributed by atoms with Gasteiger partial charge in [-0.05, 0) is 48.0 Å². The van der Waals surface area contributed by atoms with Gasteiger partial charge in [-0.15, -0.1) is 5.10 Å². The number of hydrogen-bond donors (Lipinski definition) is 0. The van der Waals surface area contributed by atoms with E-state index in [9.17, 15) is 14.4 Å². The summed E-state index contributed by atoms with van der Waals surface area (Å²) in [6.45, 7) is 5.59. The van der Waals surface area contributed by atoms with Crippen molar-refractivity contribution in [2.24, 2.45) is 0 Å². The number of hydrogen-bond acceptors (Lipinski definition) is 7. The summed E-state index contributed by atoms with van der Waals surface area (Å²) in [5.41, 5.74) is 2.97. The lowest BCUT2D eigenvalue weighted by molar-refractivity contribution is -0.133. The summed E-state index contributed by atoms with van der Waals surface area (Å²) in [7, 11) is 0. The van der Waals surface area contributed by atoms with E-state index in [1.54, 1.807) is 28.9 Å². The summed E-state index contributed by atoms with van der Waals surface area (Å²) in [6, 6.07) is 14.9. The zero-order valence-corrected chi connectivity index (χ0v) is 19.6. The van der Waals surface area contributed by atoms with Crippen LogP contribution in [-0.4, -0.2) is 85.4 Å². The number of piperazine rings is 1. The van der Waals surface area contributed by atoms with Gasteiger partial charge >= 0.3 is 0 Å². The Labute approximate surface area is 203 Å². The normalized spacial score (nSPS) is 16.1. The third-order valence-corrected chi connectivity index (χ3v) is 6.55. The van der Waals surface area contributed by atoms with Gasteiger partial charge in [0.05, 0.1) is 23.4 Å². The monoisotopic (exact) mass is 473 g/mol. The van der Waals surface area contributed by atoms with E-state index in [0.717, 1.165) is 24.6 Å². The second-order valence-corrected chi connectivity index (χ2v) is 8.91. The number of fused-ring (bicyclic) bond motifs is 1. The predicted octanol–water partition coefficient (Wildman–Crippen LogP) is 1.69. The molecule has 2 aliphatic heterocycles. The molecule has 10 nitrogen and oxygen atoms in total. The molecule has 3 heterocycles. The van der Waals surface area contributed by atoms with Crippen molar-refractivity contribution in [1.82, 2.24) is 34.9 Å².